The highest BCUT2D eigenvalue weighted by atomic mass is 32.2. The van der Waals surface area contributed by atoms with E-state index in [-0.39, 0.29) is 30.0 Å². The third kappa shape index (κ3) is 2.50. The van der Waals surface area contributed by atoms with E-state index in [1.54, 1.807) is 6.07 Å². The van der Waals surface area contributed by atoms with Gasteiger partial charge in [-0.05, 0) is 24.6 Å². The Morgan fingerprint density at radius 2 is 2.20 bits per heavy atom. The number of hydrogen-bond acceptors (Lipinski definition) is 4. The molecule has 1 aromatic rings. The molecule has 1 N–H and O–H groups in total. The van der Waals surface area contributed by atoms with Gasteiger partial charge in [0.2, 0.25) is 10.0 Å². The van der Waals surface area contributed by atoms with Gasteiger partial charge in [0.15, 0.2) is 0 Å². The molecule has 1 aromatic carbocycles. The van der Waals surface area contributed by atoms with Crippen LogP contribution in [0.4, 0.5) is 4.39 Å². The van der Waals surface area contributed by atoms with Crippen LogP contribution in [0, 0.1) is 23.1 Å². The Kier molecular flexibility index (Phi) is 3.74. The molecule has 0 saturated carbocycles. The minimum atomic E-state index is -3.98. The van der Waals surface area contributed by atoms with Gasteiger partial charge in [0, 0.05) is 13.1 Å². The van der Waals surface area contributed by atoms with Crippen molar-refractivity contribution in [2.24, 2.45) is 5.92 Å². The topological polar surface area (TPSA) is 98.5 Å². The van der Waals surface area contributed by atoms with Crippen LogP contribution in [0.3, 0.4) is 0 Å². The van der Waals surface area contributed by atoms with Crippen LogP contribution in [0.15, 0.2) is 23.1 Å². The largest absolute Gasteiger partial charge is 0.481 e. The highest BCUT2D eigenvalue weighted by Gasteiger charge is 2.36. The number of nitriles is 1. The van der Waals surface area contributed by atoms with E-state index in [1.165, 1.54) is 0 Å². The molecule has 1 atom stereocenters. The normalized spacial score (nSPS) is 19.7. The second-order valence-corrected chi connectivity index (χ2v) is 6.35. The Labute approximate surface area is 115 Å². The average molecular weight is 298 g/mol. The Morgan fingerprint density at radius 1 is 1.50 bits per heavy atom. The first-order valence-corrected chi connectivity index (χ1v) is 7.23. The average Bonchev–Trinajstić information content (AvgIpc) is 2.88. The first-order chi connectivity index (χ1) is 9.36. The molecule has 1 heterocycles. The number of aliphatic carboxylic acids is 1. The van der Waals surface area contributed by atoms with Crippen LogP contribution in [-0.4, -0.2) is 36.9 Å². The lowest BCUT2D eigenvalue weighted by molar-refractivity contribution is -0.141. The van der Waals surface area contributed by atoms with Crippen molar-refractivity contribution in [1.29, 1.82) is 5.26 Å². The number of nitrogens with zero attached hydrogens (tertiary/aromatic N) is 2. The van der Waals surface area contributed by atoms with Gasteiger partial charge in [0.1, 0.15) is 16.8 Å². The summed E-state index contributed by atoms with van der Waals surface area (Å²) in [6.45, 7) is -0.0680. The molecule has 0 amide bonds. The van der Waals surface area contributed by atoms with Crippen molar-refractivity contribution in [3.63, 3.8) is 0 Å². The number of carboxylic acid groups (broad SMARTS) is 1. The summed E-state index contributed by atoms with van der Waals surface area (Å²) in [5.74, 6) is -2.51. The van der Waals surface area contributed by atoms with E-state index in [9.17, 15) is 17.6 Å². The van der Waals surface area contributed by atoms with Gasteiger partial charge < -0.3 is 5.11 Å². The van der Waals surface area contributed by atoms with E-state index in [1.807, 2.05) is 0 Å². The third-order valence-electron chi connectivity index (χ3n) is 3.18. The van der Waals surface area contributed by atoms with Crippen molar-refractivity contribution < 1.29 is 22.7 Å². The van der Waals surface area contributed by atoms with Gasteiger partial charge in [0.05, 0.1) is 11.5 Å². The smallest absolute Gasteiger partial charge is 0.307 e. The first-order valence-electron chi connectivity index (χ1n) is 5.79. The minimum Gasteiger partial charge on any atom is -0.481 e. The van der Waals surface area contributed by atoms with Gasteiger partial charge in [-0.25, -0.2) is 12.8 Å². The maximum absolute atomic E-state index is 13.0. The summed E-state index contributed by atoms with van der Waals surface area (Å²) in [6.07, 6.45) is 0.220. The highest BCUT2D eigenvalue weighted by Crippen LogP contribution is 2.26. The summed E-state index contributed by atoms with van der Waals surface area (Å²) >= 11 is 0. The maximum Gasteiger partial charge on any atom is 0.307 e. The van der Waals surface area contributed by atoms with E-state index in [2.05, 4.69) is 0 Å². The van der Waals surface area contributed by atoms with Crippen LogP contribution in [-0.2, 0) is 14.8 Å². The molecule has 1 aliphatic rings. The van der Waals surface area contributed by atoms with Gasteiger partial charge in [0.25, 0.3) is 0 Å². The monoisotopic (exact) mass is 298 g/mol. The Morgan fingerprint density at radius 3 is 2.75 bits per heavy atom. The summed E-state index contributed by atoms with van der Waals surface area (Å²) in [4.78, 5) is 10.6. The van der Waals surface area contributed by atoms with Gasteiger partial charge in [-0.15, -0.1) is 0 Å². The van der Waals surface area contributed by atoms with E-state index in [0.717, 1.165) is 22.5 Å². The molecule has 20 heavy (non-hydrogen) atoms. The molecule has 0 aliphatic carbocycles. The van der Waals surface area contributed by atoms with Crippen LogP contribution < -0.4 is 0 Å². The zero-order valence-electron chi connectivity index (χ0n) is 10.3. The van der Waals surface area contributed by atoms with E-state index >= 15 is 0 Å². The summed E-state index contributed by atoms with van der Waals surface area (Å²) in [7, 11) is -3.98. The van der Waals surface area contributed by atoms with E-state index in [0.29, 0.717) is 0 Å². The summed E-state index contributed by atoms with van der Waals surface area (Å²) in [5, 5.41) is 17.8. The van der Waals surface area contributed by atoms with Crippen molar-refractivity contribution in [1.82, 2.24) is 4.31 Å². The molecule has 0 radical (unpaired) electrons. The highest BCUT2D eigenvalue weighted by molar-refractivity contribution is 7.89. The van der Waals surface area contributed by atoms with Gasteiger partial charge >= 0.3 is 5.97 Å². The van der Waals surface area contributed by atoms with Gasteiger partial charge in [-0.1, -0.05) is 0 Å². The standard InChI is InChI=1S/C12H11FN2O4S/c13-10-1-2-11(9(5-10)6-14)20(18,19)15-4-3-8(7-15)12(16)17/h1-2,5,8H,3-4,7H2,(H,16,17). The number of benzene rings is 1. The number of halogens is 1. The quantitative estimate of drug-likeness (QED) is 0.889. The van der Waals surface area contributed by atoms with E-state index < -0.39 is 27.7 Å². The summed E-state index contributed by atoms with van der Waals surface area (Å²) < 4.78 is 38.8. The van der Waals surface area contributed by atoms with Crippen molar-refractivity contribution in [3.05, 3.63) is 29.6 Å². The second kappa shape index (κ2) is 5.19. The summed E-state index contributed by atoms with van der Waals surface area (Å²) in [6, 6.07) is 4.46. The zero-order chi connectivity index (χ0) is 14.9. The molecular formula is C12H11FN2O4S. The molecule has 0 aromatic heterocycles. The minimum absolute atomic E-state index is 0.0710. The van der Waals surface area contributed by atoms with Crippen molar-refractivity contribution in [2.45, 2.75) is 11.3 Å². The molecule has 2 rings (SSSR count). The lowest BCUT2D eigenvalue weighted by atomic mass is 10.1. The molecule has 0 spiro atoms. The molecular weight excluding hydrogens is 287 g/mol. The van der Waals surface area contributed by atoms with Crippen LogP contribution in [0.2, 0.25) is 0 Å². The molecule has 1 unspecified atom stereocenters. The van der Waals surface area contributed by atoms with Crippen LogP contribution in [0.1, 0.15) is 12.0 Å². The van der Waals surface area contributed by atoms with Crippen LogP contribution >= 0.6 is 0 Å². The third-order valence-corrected chi connectivity index (χ3v) is 5.10. The predicted molar refractivity (Wildman–Crippen MR) is 65.6 cm³/mol. The van der Waals surface area contributed by atoms with Crippen molar-refractivity contribution >= 4 is 16.0 Å². The fourth-order valence-corrected chi connectivity index (χ4v) is 3.72. The molecule has 1 fully saturated rings. The molecule has 1 saturated heterocycles. The molecule has 106 valence electrons. The Balaban J connectivity index is 2.38. The van der Waals surface area contributed by atoms with Crippen LogP contribution in [0.25, 0.3) is 0 Å². The van der Waals surface area contributed by atoms with Crippen molar-refractivity contribution in [3.8, 4) is 6.07 Å². The molecule has 6 nitrogen and oxygen atoms in total. The number of sulfonamides is 1. The predicted octanol–water partition coefficient (Wildman–Crippen LogP) is 0.793. The van der Waals surface area contributed by atoms with Gasteiger partial charge in [-0.2, -0.15) is 9.57 Å². The second-order valence-electron chi connectivity index (χ2n) is 4.44. The Bertz CT molecular complexity index is 696. The molecule has 0 bridgehead atoms. The van der Waals surface area contributed by atoms with Crippen LogP contribution in [0.5, 0.6) is 0 Å². The molecule has 1 aliphatic heterocycles. The SMILES string of the molecule is N#Cc1cc(F)ccc1S(=O)(=O)N1CCC(C(=O)O)C1. The first kappa shape index (κ1) is 14.4. The van der Waals surface area contributed by atoms with Crippen molar-refractivity contribution in [2.75, 3.05) is 13.1 Å². The molecule has 8 heteroatoms. The lowest BCUT2D eigenvalue weighted by Crippen LogP contribution is -2.30. The number of carboxylic acids is 1. The number of hydrogen-bond donors (Lipinski definition) is 1. The fraction of sp³-hybridized carbons (Fsp3) is 0.333. The van der Waals surface area contributed by atoms with Gasteiger partial charge in [-0.3, -0.25) is 4.79 Å². The summed E-state index contributed by atoms with van der Waals surface area (Å²) in [5.41, 5.74) is -0.288. The number of carbonyl (C=O) groups is 1. The lowest BCUT2D eigenvalue weighted by Gasteiger charge is -2.16. The fourth-order valence-electron chi connectivity index (χ4n) is 2.10. The maximum atomic E-state index is 13.0. The van der Waals surface area contributed by atoms with E-state index in [4.69, 9.17) is 10.4 Å². The number of rotatable bonds is 3. The zero-order valence-corrected chi connectivity index (χ0v) is 11.1. The Hall–Kier alpha value is -1.98.